The van der Waals surface area contributed by atoms with Gasteiger partial charge in [-0.2, -0.15) is 11.8 Å². The number of halogens is 2. The second kappa shape index (κ2) is 12.4. The van der Waals surface area contributed by atoms with Gasteiger partial charge in [-0.3, -0.25) is 9.59 Å². The molecule has 1 amide bonds. The van der Waals surface area contributed by atoms with Gasteiger partial charge in [0.25, 0.3) is 5.91 Å². The number of aromatic nitrogens is 2. The van der Waals surface area contributed by atoms with Gasteiger partial charge in [0.05, 0.1) is 22.1 Å². The highest BCUT2D eigenvalue weighted by Gasteiger charge is 2.21. The number of ketones is 1. The maximum Gasteiger partial charge on any atom is 0.251 e. The van der Waals surface area contributed by atoms with E-state index < -0.39 is 0 Å². The lowest BCUT2D eigenvalue weighted by molar-refractivity contribution is 0.0936. The first kappa shape index (κ1) is 25.6. The number of hydrogen-bond donors (Lipinski definition) is 2. The first-order chi connectivity index (χ1) is 15.9. The Morgan fingerprint density at radius 2 is 1.91 bits per heavy atom. The molecule has 1 heterocycles. The van der Waals surface area contributed by atoms with Crippen LogP contribution in [0.3, 0.4) is 0 Å². The summed E-state index contributed by atoms with van der Waals surface area (Å²) in [5.74, 6) is 2.00. The molecule has 176 valence electrons. The maximum absolute atomic E-state index is 13.0. The average Bonchev–Trinajstić information content (AvgIpc) is 3.22. The number of amides is 1. The van der Waals surface area contributed by atoms with Gasteiger partial charge in [0.2, 0.25) is 0 Å². The highest BCUT2D eigenvalue weighted by molar-refractivity contribution is 7.99. The molecule has 0 spiro atoms. The lowest BCUT2D eigenvalue weighted by Gasteiger charge is -2.16. The summed E-state index contributed by atoms with van der Waals surface area (Å²) >= 11 is 14.2. The Balaban J connectivity index is 1.73. The van der Waals surface area contributed by atoms with Crippen molar-refractivity contribution in [3.05, 3.63) is 63.4 Å². The minimum absolute atomic E-state index is 0.0150. The van der Waals surface area contributed by atoms with Gasteiger partial charge in [-0.1, -0.05) is 56.3 Å². The number of nitrogens with one attached hydrogen (secondary N) is 2. The number of carbonyl (C=O) groups is 2. The van der Waals surface area contributed by atoms with Gasteiger partial charge < -0.3 is 10.3 Å². The number of H-pyrrole nitrogens is 1. The molecule has 0 bridgehead atoms. The zero-order chi connectivity index (χ0) is 23.8. The van der Waals surface area contributed by atoms with Crippen LogP contribution in [0.1, 0.15) is 78.5 Å². The van der Waals surface area contributed by atoms with E-state index in [0.717, 1.165) is 42.5 Å². The smallest absolute Gasteiger partial charge is 0.251 e. The Kier molecular flexibility index (Phi) is 9.65. The summed E-state index contributed by atoms with van der Waals surface area (Å²) in [6, 6.07) is 10.0. The molecule has 2 aromatic carbocycles. The minimum atomic E-state index is -0.313. The van der Waals surface area contributed by atoms with Gasteiger partial charge >= 0.3 is 0 Å². The molecule has 0 aliphatic rings. The standard InChI is InChI=1S/C25H29Cl2N3O2S/c1-3-5-6-7-8-23(31)18-11-9-16(13-19(18)27)25(32)30-22(15-33-4-2)24-28-20-12-10-17(26)14-21(20)29-24/h9-14,22H,3-8,15H2,1-2H3,(H,28,29)(H,30,32)/t22-/m0/s1. The molecule has 5 nitrogen and oxygen atoms in total. The molecule has 0 saturated heterocycles. The van der Waals surface area contributed by atoms with E-state index in [-0.39, 0.29) is 17.7 Å². The molecule has 1 aromatic heterocycles. The number of benzene rings is 2. The number of rotatable bonds is 12. The highest BCUT2D eigenvalue weighted by atomic mass is 35.5. The van der Waals surface area contributed by atoms with Crippen molar-refractivity contribution in [1.82, 2.24) is 15.3 Å². The van der Waals surface area contributed by atoms with Gasteiger partial charge in [-0.15, -0.1) is 0 Å². The minimum Gasteiger partial charge on any atom is -0.341 e. The number of carbonyl (C=O) groups excluding carboxylic acids is 2. The van der Waals surface area contributed by atoms with Crippen molar-refractivity contribution in [1.29, 1.82) is 0 Å². The fourth-order valence-corrected chi connectivity index (χ4v) is 4.73. The molecule has 0 saturated carbocycles. The number of unbranched alkanes of at least 4 members (excludes halogenated alkanes) is 3. The summed E-state index contributed by atoms with van der Waals surface area (Å²) in [7, 11) is 0. The van der Waals surface area contributed by atoms with Crippen molar-refractivity contribution < 1.29 is 9.59 Å². The Hall–Kier alpha value is -2.02. The molecule has 0 unspecified atom stereocenters. The topological polar surface area (TPSA) is 74.8 Å². The Labute approximate surface area is 209 Å². The van der Waals surface area contributed by atoms with Crippen molar-refractivity contribution in [2.24, 2.45) is 0 Å². The van der Waals surface area contributed by atoms with Crippen LogP contribution in [0.2, 0.25) is 10.0 Å². The molecular weight excluding hydrogens is 477 g/mol. The lowest BCUT2D eigenvalue weighted by Crippen LogP contribution is -2.31. The molecule has 0 aliphatic carbocycles. The Bertz CT molecular complexity index is 1120. The number of Topliss-reactive ketones (excluding diaryl/α,β-unsaturated/α-hetero) is 1. The molecule has 0 aliphatic heterocycles. The van der Waals surface area contributed by atoms with Crippen LogP contribution in [-0.4, -0.2) is 33.2 Å². The van der Waals surface area contributed by atoms with Crippen molar-refractivity contribution in [2.75, 3.05) is 11.5 Å². The van der Waals surface area contributed by atoms with Crippen LogP contribution in [-0.2, 0) is 0 Å². The molecule has 33 heavy (non-hydrogen) atoms. The van der Waals surface area contributed by atoms with Gasteiger partial charge in [0.1, 0.15) is 5.82 Å². The molecule has 3 rings (SSSR count). The summed E-state index contributed by atoms with van der Waals surface area (Å²) in [5.41, 5.74) is 2.49. The van der Waals surface area contributed by atoms with Crippen LogP contribution in [0.5, 0.6) is 0 Å². The number of hydrogen-bond acceptors (Lipinski definition) is 4. The number of nitrogens with zero attached hydrogens (tertiary/aromatic N) is 1. The van der Waals surface area contributed by atoms with Crippen LogP contribution in [0, 0.1) is 0 Å². The Morgan fingerprint density at radius 1 is 1.09 bits per heavy atom. The van der Waals surface area contributed by atoms with Crippen molar-refractivity contribution in [3.63, 3.8) is 0 Å². The highest BCUT2D eigenvalue weighted by Crippen LogP contribution is 2.24. The van der Waals surface area contributed by atoms with Crippen LogP contribution < -0.4 is 5.32 Å². The summed E-state index contributed by atoms with van der Waals surface area (Å²) in [4.78, 5) is 33.4. The fourth-order valence-electron chi connectivity index (χ4n) is 3.56. The molecular formula is C25H29Cl2N3O2S. The van der Waals surface area contributed by atoms with Crippen molar-refractivity contribution in [2.45, 2.75) is 52.0 Å². The van der Waals surface area contributed by atoms with E-state index in [1.165, 1.54) is 0 Å². The van der Waals surface area contributed by atoms with Gasteiger partial charge in [0.15, 0.2) is 5.78 Å². The first-order valence-corrected chi connectivity index (χ1v) is 13.2. The van der Waals surface area contributed by atoms with Crippen LogP contribution in [0.4, 0.5) is 0 Å². The molecule has 0 fully saturated rings. The van der Waals surface area contributed by atoms with E-state index in [2.05, 4.69) is 29.1 Å². The predicted molar refractivity (Wildman–Crippen MR) is 139 cm³/mol. The number of thioether (sulfide) groups is 1. The molecule has 0 radical (unpaired) electrons. The van der Waals surface area contributed by atoms with E-state index in [0.29, 0.717) is 39.2 Å². The molecule has 1 atom stereocenters. The van der Waals surface area contributed by atoms with Crippen LogP contribution in [0.15, 0.2) is 36.4 Å². The number of aromatic amines is 1. The third-order valence-corrected chi connectivity index (χ3v) is 6.90. The quantitative estimate of drug-likeness (QED) is 0.200. The zero-order valence-corrected chi connectivity index (χ0v) is 21.2. The normalized spacial score (nSPS) is 12.1. The van der Waals surface area contributed by atoms with E-state index in [9.17, 15) is 9.59 Å². The Morgan fingerprint density at radius 3 is 2.64 bits per heavy atom. The second-order valence-electron chi connectivity index (χ2n) is 7.90. The van der Waals surface area contributed by atoms with Crippen LogP contribution >= 0.6 is 35.0 Å². The molecule has 2 N–H and O–H groups in total. The SMILES string of the molecule is CCCCCCC(=O)c1ccc(C(=O)N[C@@H](CSCC)c2nc3ccc(Cl)cc3[nH]2)cc1Cl. The van der Waals surface area contributed by atoms with Gasteiger partial charge in [-0.05, 0) is 48.6 Å². The van der Waals surface area contributed by atoms with Crippen molar-refractivity contribution in [3.8, 4) is 0 Å². The fraction of sp³-hybridized carbons (Fsp3) is 0.400. The predicted octanol–water partition coefficient (Wildman–Crippen LogP) is 7.25. The lowest BCUT2D eigenvalue weighted by atomic mass is 10.0. The third kappa shape index (κ3) is 6.98. The summed E-state index contributed by atoms with van der Waals surface area (Å²) in [6.45, 7) is 4.21. The number of imidazole rings is 1. The van der Waals surface area contributed by atoms with E-state index >= 15 is 0 Å². The third-order valence-electron chi connectivity index (χ3n) is 5.38. The summed E-state index contributed by atoms with van der Waals surface area (Å²) in [5, 5.41) is 3.98. The molecule has 8 heteroatoms. The summed E-state index contributed by atoms with van der Waals surface area (Å²) < 4.78 is 0. The van der Waals surface area contributed by atoms with Gasteiger partial charge in [-0.25, -0.2) is 4.98 Å². The van der Waals surface area contributed by atoms with Crippen LogP contribution in [0.25, 0.3) is 11.0 Å². The number of fused-ring (bicyclic) bond motifs is 1. The maximum atomic E-state index is 13.0. The van der Waals surface area contributed by atoms with Gasteiger partial charge in [0, 0.05) is 28.3 Å². The second-order valence-corrected chi connectivity index (χ2v) is 10.1. The molecule has 3 aromatic rings. The largest absolute Gasteiger partial charge is 0.341 e. The van der Waals surface area contributed by atoms with Crippen molar-refractivity contribution >= 4 is 57.7 Å². The monoisotopic (exact) mass is 505 g/mol. The van der Waals surface area contributed by atoms with E-state index in [1.54, 1.807) is 36.0 Å². The zero-order valence-electron chi connectivity index (χ0n) is 18.9. The summed E-state index contributed by atoms with van der Waals surface area (Å²) in [6.07, 6.45) is 4.60. The first-order valence-electron chi connectivity index (χ1n) is 11.3. The van der Waals surface area contributed by atoms with E-state index in [4.69, 9.17) is 23.2 Å². The van der Waals surface area contributed by atoms with E-state index in [1.807, 2.05) is 12.1 Å². The average molecular weight is 506 g/mol.